The minimum atomic E-state index is -4.49. The van der Waals surface area contributed by atoms with Crippen LogP contribution >= 0.6 is 12.2 Å². The normalized spacial score (nSPS) is 14.1. The van der Waals surface area contributed by atoms with E-state index in [1.807, 2.05) is 0 Å². The SMILES string of the molecule is COC(=O)C(C)(CN=C=S)c1cccc(C(F)(F)F)c1. The van der Waals surface area contributed by atoms with E-state index in [9.17, 15) is 18.0 Å². The number of nitrogens with zero attached hydrogens (tertiary/aromatic N) is 1. The second-order valence-electron chi connectivity index (χ2n) is 4.31. The van der Waals surface area contributed by atoms with Crippen LogP contribution in [-0.4, -0.2) is 24.8 Å². The highest BCUT2D eigenvalue weighted by Crippen LogP contribution is 2.33. The number of hydrogen-bond acceptors (Lipinski definition) is 4. The average molecular weight is 303 g/mol. The Morgan fingerprint density at radius 3 is 2.50 bits per heavy atom. The van der Waals surface area contributed by atoms with Gasteiger partial charge in [-0.2, -0.15) is 13.2 Å². The molecule has 7 heteroatoms. The lowest BCUT2D eigenvalue weighted by molar-refractivity contribution is -0.147. The Hall–Kier alpha value is -1.72. The number of carbonyl (C=O) groups is 1. The van der Waals surface area contributed by atoms with E-state index in [0.717, 1.165) is 19.2 Å². The number of ether oxygens (including phenoxy) is 1. The predicted octanol–water partition coefficient (Wildman–Crippen LogP) is 3.24. The largest absolute Gasteiger partial charge is 0.468 e. The summed E-state index contributed by atoms with van der Waals surface area (Å²) < 4.78 is 42.8. The Morgan fingerprint density at radius 1 is 1.40 bits per heavy atom. The number of thiocarbonyl (C=S) groups is 1. The van der Waals surface area contributed by atoms with Gasteiger partial charge in [-0.25, -0.2) is 4.99 Å². The Bertz CT molecular complexity index is 553. The highest BCUT2D eigenvalue weighted by Gasteiger charge is 2.38. The van der Waals surface area contributed by atoms with Crippen LogP contribution in [0.3, 0.4) is 0 Å². The standard InChI is InChI=1S/C13H12F3NO2S/c1-12(7-17-8-20,11(18)19-2)9-4-3-5-10(6-9)13(14,15)16/h3-6H,7H2,1-2H3. The van der Waals surface area contributed by atoms with Crippen LogP contribution in [0.15, 0.2) is 29.3 Å². The molecule has 108 valence electrons. The van der Waals surface area contributed by atoms with Crippen molar-refractivity contribution in [3.05, 3.63) is 35.4 Å². The molecule has 1 rings (SSSR count). The Balaban J connectivity index is 3.34. The molecule has 0 N–H and O–H groups in total. The molecule has 0 aromatic heterocycles. The van der Waals surface area contributed by atoms with Crippen LogP contribution in [0.25, 0.3) is 0 Å². The molecule has 20 heavy (non-hydrogen) atoms. The number of benzene rings is 1. The number of hydrogen-bond donors (Lipinski definition) is 0. The van der Waals surface area contributed by atoms with E-state index in [0.29, 0.717) is 0 Å². The van der Waals surface area contributed by atoms with Gasteiger partial charge in [-0.3, -0.25) is 4.79 Å². The van der Waals surface area contributed by atoms with E-state index in [2.05, 4.69) is 27.1 Å². The van der Waals surface area contributed by atoms with Gasteiger partial charge in [-0.05, 0) is 30.8 Å². The Labute approximate surface area is 119 Å². The lowest BCUT2D eigenvalue weighted by Crippen LogP contribution is -2.37. The molecule has 0 bridgehead atoms. The molecular weight excluding hydrogens is 291 g/mol. The molecule has 0 saturated carbocycles. The van der Waals surface area contributed by atoms with Crippen LogP contribution in [0.5, 0.6) is 0 Å². The van der Waals surface area contributed by atoms with Gasteiger partial charge in [0.15, 0.2) is 0 Å². The molecule has 1 unspecified atom stereocenters. The molecule has 1 aromatic carbocycles. The minimum absolute atomic E-state index is 0.134. The van der Waals surface area contributed by atoms with Crippen molar-refractivity contribution >= 4 is 23.3 Å². The zero-order valence-corrected chi connectivity index (χ0v) is 11.6. The molecular formula is C13H12F3NO2S. The van der Waals surface area contributed by atoms with Crippen LogP contribution < -0.4 is 0 Å². The number of carbonyl (C=O) groups excluding carboxylic acids is 1. The quantitative estimate of drug-likeness (QED) is 0.487. The van der Waals surface area contributed by atoms with Crippen molar-refractivity contribution in [2.75, 3.05) is 13.7 Å². The number of isothiocyanates is 1. The van der Waals surface area contributed by atoms with Crippen molar-refractivity contribution < 1.29 is 22.7 Å². The number of aliphatic imine (C=N–C) groups is 1. The summed E-state index contributed by atoms with van der Waals surface area (Å²) in [7, 11) is 1.16. The van der Waals surface area contributed by atoms with Gasteiger partial charge >= 0.3 is 12.1 Å². The zero-order chi connectivity index (χ0) is 15.4. The number of esters is 1. The maximum Gasteiger partial charge on any atom is 0.416 e. The monoisotopic (exact) mass is 303 g/mol. The first-order chi connectivity index (χ1) is 9.25. The Morgan fingerprint density at radius 2 is 2.00 bits per heavy atom. The summed E-state index contributed by atoms with van der Waals surface area (Å²) in [5, 5.41) is 2.10. The number of methoxy groups -OCH3 is 1. The molecule has 0 spiro atoms. The first-order valence-electron chi connectivity index (χ1n) is 5.55. The third kappa shape index (κ3) is 3.43. The summed E-state index contributed by atoms with van der Waals surface area (Å²) in [6, 6.07) is 4.50. The fraction of sp³-hybridized carbons (Fsp3) is 0.385. The summed E-state index contributed by atoms with van der Waals surface area (Å²) >= 11 is 4.43. The number of alkyl halides is 3. The van der Waals surface area contributed by atoms with Crippen molar-refractivity contribution in [1.82, 2.24) is 0 Å². The van der Waals surface area contributed by atoms with E-state index in [1.165, 1.54) is 19.1 Å². The van der Waals surface area contributed by atoms with Crippen LogP contribution in [0.1, 0.15) is 18.1 Å². The molecule has 0 aliphatic carbocycles. The maximum atomic E-state index is 12.7. The smallest absolute Gasteiger partial charge is 0.416 e. The van der Waals surface area contributed by atoms with Crippen LogP contribution in [0.2, 0.25) is 0 Å². The number of rotatable bonds is 4. The summed E-state index contributed by atoms with van der Waals surface area (Å²) in [6.07, 6.45) is -4.49. The van der Waals surface area contributed by atoms with Crippen molar-refractivity contribution in [3.8, 4) is 0 Å². The first-order valence-corrected chi connectivity index (χ1v) is 5.96. The topological polar surface area (TPSA) is 38.7 Å². The predicted molar refractivity (Wildman–Crippen MR) is 70.7 cm³/mol. The van der Waals surface area contributed by atoms with Gasteiger partial charge < -0.3 is 4.74 Å². The van der Waals surface area contributed by atoms with Gasteiger partial charge in [0.05, 0.1) is 24.4 Å². The second kappa shape index (κ2) is 6.15. The van der Waals surface area contributed by atoms with Gasteiger partial charge in [0.25, 0.3) is 0 Å². The van der Waals surface area contributed by atoms with Crippen molar-refractivity contribution in [1.29, 1.82) is 0 Å². The molecule has 0 radical (unpaired) electrons. The third-order valence-corrected chi connectivity index (χ3v) is 3.05. The van der Waals surface area contributed by atoms with Crippen LogP contribution in [0, 0.1) is 0 Å². The van der Waals surface area contributed by atoms with Crippen molar-refractivity contribution in [2.45, 2.75) is 18.5 Å². The van der Waals surface area contributed by atoms with Crippen LogP contribution in [0.4, 0.5) is 13.2 Å². The molecule has 0 heterocycles. The van der Waals surface area contributed by atoms with Crippen LogP contribution in [-0.2, 0) is 21.1 Å². The number of halogens is 3. The summed E-state index contributed by atoms with van der Waals surface area (Å²) in [5.74, 6) is -0.689. The lowest BCUT2D eigenvalue weighted by Gasteiger charge is -2.25. The molecule has 0 amide bonds. The molecule has 1 atom stereocenters. The van der Waals surface area contributed by atoms with E-state index >= 15 is 0 Å². The van der Waals surface area contributed by atoms with Gasteiger partial charge in [0, 0.05) is 0 Å². The maximum absolute atomic E-state index is 12.7. The van der Waals surface area contributed by atoms with Gasteiger partial charge in [-0.15, -0.1) is 0 Å². The summed E-state index contributed by atoms with van der Waals surface area (Å²) in [4.78, 5) is 15.5. The van der Waals surface area contributed by atoms with E-state index in [4.69, 9.17) is 0 Å². The molecule has 0 fully saturated rings. The molecule has 0 aliphatic rings. The fourth-order valence-corrected chi connectivity index (χ4v) is 1.79. The average Bonchev–Trinajstić information content (AvgIpc) is 2.43. The molecule has 3 nitrogen and oxygen atoms in total. The second-order valence-corrected chi connectivity index (χ2v) is 4.49. The molecule has 0 saturated heterocycles. The van der Waals surface area contributed by atoms with E-state index < -0.39 is 23.1 Å². The first kappa shape index (κ1) is 16.3. The van der Waals surface area contributed by atoms with Gasteiger partial charge in [0.1, 0.15) is 5.41 Å². The van der Waals surface area contributed by atoms with Crippen molar-refractivity contribution in [3.63, 3.8) is 0 Å². The van der Waals surface area contributed by atoms with E-state index in [1.54, 1.807) is 0 Å². The highest BCUT2D eigenvalue weighted by molar-refractivity contribution is 7.78. The van der Waals surface area contributed by atoms with Gasteiger partial charge in [-0.1, -0.05) is 18.2 Å². The molecule has 1 aromatic rings. The third-order valence-electron chi connectivity index (χ3n) is 2.92. The fourth-order valence-electron chi connectivity index (χ4n) is 1.73. The summed E-state index contributed by atoms with van der Waals surface area (Å²) in [6.45, 7) is 1.31. The zero-order valence-electron chi connectivity index (χ0n) is 10.8. The van der Waals surface area contributed by atoms with Gasteiger partial charge in [0.2, 0.25) is 0 Å². The molecule has 0 aliphatic heterocycles. The van der Waals surface area contributed by atoms with Crippen molar-refractivity contribution in [2.24, 2.45) is 4.99 Å². The Kier molecular flexibility index (Phi) is 5.03. The summed E-state index contributed by atoms with van der Waals surface area (Å²) in [5.41, 5.74) is -2.02. The highest BCUT2D eigenvalue weighted by atomic mass is 32.1. The minimum Gasteiger partial charge on any atom is -0.468 e. The van der Waals surface area contributed by atoms with E-state index in [-0.39, 0.29) is 12.1 Å². The lowest BCUT2D eigenvalue weighted by atomic mass is 9.82.